The molecule has 1 aromatic heterocycles. The third-order valence-corrected chi connectivity index (χ3v) is 3.26. The van der Waals surface area contributed by atoms with Crippen molar-refractivity contribution >= 4 is 10.9 Å². The van der Waals surface area contributed by atoms with E-state index in [1.807, 2.05) is 12.3 Å². The molecule has 0 saturated carbocycles. The van der Waals surface area contributed by atoms with Crippen molar-refractivity contribution in [2.24, 2.45) is 5.41 Å². The molecule has 0 aliphatic heterocycles. The molecular weight excluding hydrogens is 220 g/mol. The van der Waals surface area contributed by atoms with Crippen molar-refractivity contribution in [1.82, 2.24) is 10.3 Å². The Balaban J connectivity index is 2.57. The van der Waals surface area contributed by atoms with Crippen LogP contribution in [0.15, 0.2) is 36.5 Å². The van der Waals surface area contributed by atoms with Crippen molar-refractivity contribution in [3.63, 3.8) is 0 Å². The number of fused-ring (bicyclic) bond motifs is 1. The van der Waals surface area contributed by atoms with Gasteiger partial charge in [-0.05, 0) is 29.7 Å². The minimum atomic E-state index is 0.181. The number of hydrogen-bond acceptors (Lipinski definition) is 2. The van der Waals surface area contributed by atoms with E-state index < -0.39 is 0 Å². The molecule has 2 aromatic rings. The lowest BCUT2D eigenvalue weighted by Crippen LogP contribution is -2.32. The van der Waals surface area contributed by atoms with Gasteiger partial charge >= 0.3 is 0 Å². The van der Waals surface area contributed by atoms with E-state index in [4.69, 9.17) is 0 Å². The van der Waals surface area contributed by atoms with E-state index in [2.05, 4.69) is 62.3 Å². The Hall–Kier alpha value is -1.41. The summed E-state index contributed by atoms with van der Waals surface area (Å²) in [7, 11) is 0. The first-order valence-corrected chi connectivity index (χ1v) is 6.61. The van der Waals surface area contributed by atoms with Gasteiger partial charge in [-0.15, -0.1) is 0 Å². The first-order valence-electron chi connectivity index (χ1n) is 6.61. The summed E-state index contributed by atoms with van der Waals surface area (Å²) in [6, 6.07) is 10.9. The van der Waals surface area contributed by atoms with Gasteiger partial charge in [0, 0.05) is 17.6 Å². The maximum absolute atomic E-state index is 4.44. The zero-order valence-corrected chi connectivity index (χ0v) is 11.7. The number of pyridine rings is 1. The normalized spacial score (nSPS) is 13.8. The quantitative estimate of drug-likeness (QED) is 0.882. The number of rotatable bonds is 3. The van der Waals surface area contributed by atoms with Crippen LogP contribution in [0.4, 0.5) is 0 Å². The summed E-state index contributed by atoms with van der Waals surface area (Å²) >= 11 is 0. The second kappa shape index (κ2) is 5.07. The average Bonchev–Trinajstić information content (AvgIpc) is 2.34. The maximum Gasteiger partial charge on any atom is 0.0705 e. The Labute approximate surface area is 109 Å². The number of benzene rings is 1. The highest BCUT2D eigenvalue weighted by Gasteiger charge is 2.26. The molecule has 0 radical (unpaired) electrons. The number of hydrogen-bond donors (Lipinski definition) is 1. The molecule has 0 fully saturated rings. The molecule has 2 heteroatoms. The minimum absolute atomic E-state index is 0.181. The van der Waals surface area contributed by atoms with E-state index >= 15 is 0 Å². The van der Waals surface area contributed by atoms with Crippen LogP contribution in [0, 0.1) is 5.41 Å². The summed E-state index contributed by atoms with van der Waals surface area (Å²) in [6.07, 6.45) is 1.85. The molecule has 0 bridgehead atoms. The summed E-state index contributed by atoms with van der Waals surface area (Å²) in [5.74, 6) is 0. The lowest BCUT2D eigenvalue weighted by Gasteiger charge is -2.32. The second-order valence-corrected chi connectivity index (χ2v) is 5.77. The zero-order valence-electron chi connectivity index (χ0n) is 11.7. The van der Waals surface area contributed by atoms with Crippen LogP contribution >= 0.6 is 0 Å². The van der Waals surface area contributed by atoms with Gasteiger partial charge in [0.15, 0.2) is 0 Å². The average molecular weight is 242 g/mol. The van der Waals surface area contributed by atoms with Crippen LogP contribution in [0.5, 0.6) is 0 Å². The molecule has 0 amide bonds. The zero-order chi connectivity index (χ0) is 13.2. The van der Waals surface area contributed by atoms with E-state index in [9.17, 15) is 0 Å². The van der Waals surface area contributed by atoms with Gasteiger partial charge in [0.25, 0.3) is 0 Å². The van der Waals surface area contributed by atoms with Crippen LogP contribution in [0.1, 0.15) is 39.3 Å². The molecule has 1 N–H and O–H groups in total. The molecule has 0 aliphatic carbocycles. The van der Waals surface area contributed by atoms with Gasteiger partial charge in [0.1, 0.15) is 0 Å². The standard InChI is InChI=1S/C16H22N2/c1-5-17-15(16(2,3)4)13-8-6-10-14-12(13)9-7-11-18-14/h6-11,15,17H,5H2,1-4H3. The van der Waals surface area contributed by atoms with Crippen molar-refractivity contribution in [1.29, 1.82) is 0 Å². The predicted octanol–water partition coefficient (Wildman–Crippen LogP) is 3.93. The van der Waals surface area contributed by atoms with Gasteiger partial charge in [0.05, 0.1) is 5.52 Å². The Morgan fingerprint density at radius 1 is 1.17 bits per heavy atom. The Morgan fingerprint density at radius 3 is 2.61 bits per heavy atom. The molecule has 0 spiro atoms. The molecule has 96 valence electrons. The number of nitrogens with zero attached hydrogens (tertiary/aromatic N) is 1. The molecule has 0 saturated heterocycles. The third-order valence-electron chi connectivity index (χ3n) is 3.26. The lowest BCUT2D eigenvalue weighted by molar-refractivity contribution is 0.278. The van der Waals surface area contributed by atoms with Crippen LogP contribution in [0.25, 0.3) is 10.9 Å². The van der Waals surface area contributed by atoms with E-state index in [1.54, 1.807) is 0 Å². The van der Waals surface area contributed by atoms with E-state index in [0.29, 0.717) is 6.04 Å². The molecule has 1 heterocycles. The fourth-order valence-electron chi connectivity index (χ4n) is 2.47. The first kappa shape index (κ1) is 13.0. The lowest BCUT2D eigenvalue weighted by atomic mass is 9.81. The molecule has 0 aliphatic rings. The summed E-state index contributed by atoms with van der Waals surface area (Å²) in [6.45, 7) is 9.95. The molecule has 2 rings (SSSR count). The third kappa shape index (κ3) is 2.54. The Bertz CT molecular complexity index is 521. The van der Waals surface area contributed by atoms with Crippen molar-refractivity contribution in [2.45, 2.75) is 33.7 Å². The fourth-order valence-corrected chi connectivity index (χ4v) is 2.47. The van der Waals surface area contributed by atoms with Crippen LogP contribution in [-0.4, -0.2) is 11.5 Å². The number of aromatic nitrogens is 1. The summed E-state index contributed by atoms with van der Waals surface area (Å²) in [5, 5.41) is 4.85. The largest absolute Gasteiger partial charge is 0.310 e. The van der Waals surface area contributed by atoms with E-state index in [0.717, 1.165) is 12.1 Å². The highest BCUT2D eigenvalue weighted by atomic mass is 14.9. The smallest absolute Gasteiger partial charge is 0.0705 e. The summed E-state index contributed by atoms with van der Waals surface area (Å²) in [5.41, 5.74) is 2.59. The molecule has 1 aromatic carbocycles. The second-order valence-electron chi connectivity index (χ2n) is 5.77. The topological polar surface area (TPSA) is 24.9 Å². The van der Waals surface area contributed by atoms with Crippen LogP contribution in [0.2, 0.25) is 0 Å². The number of nitrogens with one attached hydrogen (secondary N) is 1. The summed E-state index contributed by atoms with van der Waals surface area (Å²) < 4.78 is 0. The van der Waals surface area contributed by atoms with Gasteiger partial charge in [0.2, 0.25) is 0 Å². The van der Waals surface area contributed by atoms with E-state index in [-0.39, 0.29) is 5.41 Å². The minimum Gasteiger partial charge on any atom is -0.310 e. The molecule has 1 unspecified atom stereocenters. The SMILES string of the molecule is CCNC(c1cccc2ncccc12)C(C)(C)C. The van der Waals surface area contributed by atoms with Crippen molar-refractivity contribution in [3.05, 3.63) is 42.1 Å². The van der Waals surface area contributed by atoms with Crippen molar-refractivity contribution in [2.75, 3.05) is 6.54 Å². The van der Waals surface area contributed by atoms with Gasteiger partial charge < -0.3 is 5.32 Å². The predicted molar refractivity (Wildman–Crippen MR) is 77.6 cm³/mol. The Morgan fingerprint density at radius 2 is 1.94 bits per heavy atom. The molecular formula is C16H22N2. The van der Waals surface area contributed by atoms with Crippen molar-refractivity contribution in [3.8, 4) is 0 Å². The van der Waals surface area contributed by atoms with Gasteiger partial charge in [-0.1, -0.05) is 45.9 Å². The molecule has 2 nitrogen and oxygen atoms in total. The van der Waals surface area contributed by atoms with Crippen molar-refractivity contribution < 1.29 is 0 Å². The fraction of sp³-hybridized carbons (Fsp3) is 0.438. The monoisotopic (exact) mass is 242 g/mol. The summed E-state index contributed by atoms with van der Waals surface area (Å²) in [4.78, 5) is 4.44. The van der Waals surface area contributed by atoms with Crippen LogP contribution in [-0.2, 0) is 0 Å². The molecule has 18 heavy (non-hydrogen) atoms. The van der Waals surface area contributed by atoms with Gasteiger partial charge in [-0.25, -0.2) is 0 Å². The van der Waals surface area contributed by atoms with Crippen LogP contribution in [0.3, 0.4) is 0 Å². The maximum atomic E-state index is 4.44. The highest BCUT2D eigenvalue weighted by molar-refractivity contribution is 5.82. The Kier molecular flexibility index (Phi) is 3.67. The van der Waals surface area contributed by atoms with Gasteiger partial charge in [-0.3, -0.25) is 4.98 Å². The van der Waals surface area contributed by atoms with Gasteiger partial charge in [-0.2, -0.15) is 0 Å². The van der Waals surface area contributed by atoms with E-state index in [1.165, 1.54) is 10.9 Å². The van der Waals surface area contributed by atoms with Crippen LogP contribution < -0.4 is 5.32 Å². The first-order chi connectivity index (χ1) is 8.54. The highest BCUT2D eigenvalue weighted by Crippen LogP contribution is 2.35. The molecule has 1 atom stereocenters.